The quantitative estimate of drug-likeness (QED) is 0.779. The van der Waals surface area contributed by atoms with Gasteiger partial charge in [0.1, 0.15) is 0 Å². The van der Waals surface area contributed by atoms with Crippen molar-refractivity contribution < 1.29 is 13.2 Å². The van der Waals surface area contributed by atoms with Crippen LogP contribution in [0.15, 0.2) is 40.6 Å². The molecule has 118 valence electrons. The predicted molar refractivity (Wildman–Crippen MR) is 88.0 cm³/mol. The second-order valence-electron chi connectivity index (χ2n) is 4.54. The number of aryl methyl sites for hydroxylation is 1. The van der Waals surface area contributed by atoms with Crippen molar-refractivity contribution in [3.63, 3.8) is 0 Å². The molecule has 0 aliphatic carbocycles. The fourth-order valence-electron chi connectivity index (χ4n) is 1.76. The molecule has 22 heavy (non-hydrogen) atoms. The fraction of sp³-hybridized carbons (Fsp3) is 0.214. The average molecular weight is 359 g/mol. The summed E-state index contributed by atoms with van der Waals surface area (Å²) in [6, 6.07) is 7.86. The summed E-state index contributed by atoms with van der Waals surface area (Å²) in [5.41, 5.74) is 0.905. The molecule has 2 aromatic rings. The first-order valence-electron chi connectivity index (χ1n) is 6.47. The van der Waals surface area contributed by atoms with Gasteiger partial charge < -0.3 is 5.32 Å². The van der Waals surface area contributed by atoms with Crippen LogP contribution in [0, 0.1) is 6.92 Å². The highest BCUT2D eigenvalue weighted by Gasteiger charge is 2.14. The van der Waals surface area contributed by atoms with E-state index >= 15 is 0 Å². The van der Waals surface area contributed by atoms with Gasteiger partial charge in [0.25, 0.3) is 5.91 Å². The summed E-state index contributed by atoms with van der Waals surface area (Å²) < 4.78 is 26.5. The summed E-state index contributed by atoms with van der Waals surface area (Å²) in [7, 11) is -3.63. The fourth-order valence-corrected chi connectivity index (χ4v) is 3.94. The van der Waals surface area contributed by atoms with Crippen molar-refractivity contribution in [2.75, 3.05) is 13.1 Å². The van der Waals surface area contributed by atoms with E-state index in [1.165, 1.54) is 23.5 Å². The van der Waals surface area contributed by atoms with Gasteiger partial charge in [-0.05, 0) is 42.1 Å². The first-order chi connectivity index (χ1) is 10.4. The van der Waals surface area contributed by atoms with E-state index in [9.17, 15) is 13.2 Å². The third kappa shape index (κ3) is 4.30. The Morgan fingerprint density at radius 1 is 1.27 bits per heavy atom. The molecule has 2 N–H and O–H groups in total. The summed E-state index contributed by atoms with van der Waals surface area (Å²) in [5, 5.41) is 4.87. The number of amides is 1. The number of carbonyl (C=O) groups is 1. The molecule has 0 saturated heterocycles. The van der Waals surface area contributed by atoms with E-state index in [-0.39, 0.29) is 23.9 Å². The molecule has 0 unspecified atom stereocenters. The smallest absolute Gasteiger partial charge is 0.261 e. The Kier molecular flexibility index (Phi) is 5.57. The van der Waals surface area contributed by atoms with Gasteiger partial charge in [0, 0.05) is 18.1 Å². The van der Waals surface area contributed by atoms with Crippen LogP contribution in [0.4, 0.5) is 0 Å². The highest BCUT2D eigenvalue weighted by atomic mass is 35.5. The Morgan fingerprint density at radius 2 is 2.05 bits per heavy atom. The van der Waals surface area contributed by atoms with Gasteiger partial charge in [-0.1, -0.05) is 17.7 Å². The molecule has 0 fully saturated rings. The van der Waals surface area contributed by atoms with E-state index in [0.29, 0.717) is 9.90 Å². The number of nitrogens with one attached hydrogen (secondary N) is 2. The maximum Gasteiger partial charge on any atom is 0.261 e. The average Bonchev–Trinajstić information content (AvgIpc) is 2.90. The summed E-state index contributed by atoms with van der Waals surface area (Å²) >= 11 is 7.13. The van der Waals surface area contributed by atoms with Crippen LogP contribution < -0.4 is 10.0 Å². The topological polar surface area (TPSA) is 75.3 Å². The van der Waals surface area contributed by atoms with Crippen LogP contribution in [-0.2, 0) is 10.0 Å². The van der Waals surface area contributed by atoms with Crippen LogP contribution in [0.1, 0.15) is 15.2 Å². The van der Waals surface area contributed by atoms with Crippen LogP contribution in [0.2, 0.25) is 5.02 Å². The number of hydrogen-bond donors (Lipinski definition) is 2. The number of carbonyl (C=O) groups excluding carboxylic acids is 1. The molecule has 0 atom stereocenters. The first-order valence-corrected chi connectivity index (χ1v) is 9.22. The number of rotatable bonds is 6. The number of hydrogen-bond acceptors (Lipinski definition) is 4. The van der Waals surface area contributed by atoms with E-state index in [2.05, 4.69) is 10.0 Å². The lowest BCUT2D eigenvalue weighted by molar-refractivity contribution is 0.0958. The van der Waals surface area contributed by atoms with Crippen molar-refractivity contribution in [1.82, 2.24) is 10.0 Å². The third-order valence-corrected chi connectivity index (χ3v) is 5.59. The molecule has 2 rings (SSSR count). The molecule has 1 aromatic heterocycles. The molecule has 1 amide bonds. The molecular weight excluding hydrogens is 344 g/mol. The Balaban J connectivity index is 1.86. The molecule has 0 bridgehead atoms. The standard InChI is InChI=1S/C14H15ClN2O3S2/c1-10-5-8-21-13(10)14(18)16-6-7-17-22(19,20)12-4-2-3-11(15)9-12/h2-5,8-9,17H,6-7H2,1H3,(H,16,18). The molecule has 0 radical (unpaired) electrons. The number of halogens is 1. The van der Waals surface area contributed by atoms with Gasteiger partial charge in [-0.2, -0.15) is 0 Å². The van der Waals surface area contributed by atoms with Crippen molar-refractivity contribution in [2.24, 2.45) is 0 Å². The number of sulfonamides is 1. The molecular formula is C14H15ClN2O3S2. The molecule has 1 aromatic carbocycles. The summed E-state index contributed by atoms with van der Waals surface area (Å²) in [6.07, 6.45) is 0. The molecule has 0 aliphatic rings. The van der Waals surface area contributed by atoms with Crippen molar-refractivity contribution in [1.29, 1.82) is 0 Å². The Bertz CT molecular complexity index is 772. The van der Waals surface area contributed by atoms with Crippen molar-refractivity contribution >= 4 is 38.9 Å². The highest BCUT2D eigenvalue weighted by molar-refractivity contribution is 7.89. The highest BCUT2D eigenvalue weighted by Crippen LogP contribution is 2.15. The number of benzene rings is 1. The van der Waals surface area contributed by atoms with Gasteiger partial charge in [0.15, 0.2) is 0 Å². The molecule has 0 saturated carbocycles. The molecule has 8 heteroatoms. The Labute approximate surface area is 138 Å². The maximum absolute atomic E-state index is 12.0. The van der Waals surface area contributed by atoms with Crippen LogP contribution in [0.5, 0.6) is 0 Å². The predicted octanol–water partition coefficient (Wildman–Crippen LogP) is 2.42. The molecule has 0 aliphatic heterocycles. The minimum atomic E-state index is -3.63. The maximum atomic E-state index is 12.0. The number of thiophene rings is 1. The van der Waals surface area contributed by atoms with Gasteiger partial charge >= 0.3 is 0 Å². The zero-order chi connectivity index (χ0) is 16.2. The second-order valence-corrected chi connectivity index (χ2v) is 7.66. The van der Waals surface area contributed by atoms with Crippen molar-refractivity contribution in [3.8, 4) is 0 Å². The van der Waals surface area contributed by atoms with E-state index in [1.54, 1.807) is 12.1 Å². The first kappa shape index (κ1) is 17.0. The largest absolute Gasteiger partial charge is 0.350 e. The summed E-state index contributed by atoms with van der Waals surface area (Å²) in [6.45, 7) is 2.16. The van der Waals surface area contributed by atoms with E-state index in [1.807, 2.05) is 18.4 Å². The zero-order valence-corrected chi connectivity index (χ0v) is 14.2. The summed E-state index contributed by atoms with van der Waals surface area (Å²) in [4.78, 5) is 12.6. The lowest BCUT2D eigenvalue weighted by atomic mass is 10.3. The Morgan fingerprint density at radius 3 is 2.68 bits per heavy atom. The molecule has 5 nitrogen and oxygen atoms in total. The van der Waals surface area contributed by atoms with Gasteiger partial charge in [-0.15, -0.1) is 11.3 Å². The minimum absolute atomic E-state index is 0.0976. The normalized spacial score (nSPS) is 11.4. The minimum Gasteiger partial charge on any atom is -0.350 e. The van der Waals surface area contributed by atoms with Crippen LogP contribution in [-0.4, -0.2) is 27.4 Å². The van der Waals surface area contributed by atoms with Crippen LogP contribution >= 0.6 is 22.9 Å². The van der Waals surface area contributed by atoms with Gasteiger partial charge in [-0.25, -0.2) is 13.1 Å². The van der Waals surface area contributed by atoms with Crippen LogP contribution in [0.3, 0.4) is 0 Å². The van der Waals surface area contributed by atoms with Crippen molar-refractivity contribution in [3.05, 3.63) is 51.2 Å². The van der Waals surface area contributed by atoms with Gasteiger partial charge in [0.05, 0.1) is 9.77 Å². The lowest BCUT2D eigenvalue weighted by Crippen LogP contribution is -2.34. The lowest BCUT2D eigenvalue weighted by Gasteiger charge is -2.08. The zero-order valence-electron chi connectivity index (χ0n) is 11.8. The molecule has 1 heterocycles. The third-order valence-electron chi connectivity index (χ3n) is 2.88. The molecule has 0 spiro atoms. The monoisotopic (exact) mass is 358 g/mol. The van der Waals surface area contributed by atoms with Crippen molar-refractivity contribution in [2.45, 2.75) is 11.8 Å². The van der Waals surface area contributed by atoms with Crippen LogP contribution in [0.25, 0.3) is 0 Å². The Hall–Kier alpha value is -1.41. The summed E-state index contributed by atoms with van der Waals surface area (Å²) in [5.74, 6) is -0.200. The van der Waals surface area contributed by atoms with E-state index < -0.39 is 10.0 Å². The second kappa shape index (κ2) is 7.23. The van der Waals surface area contributed by atoms with Gasteiger partial charge in [0.2, 0.25) is 10.0 Å². The van der Waals surface area contributed by atoms with E-state index in [4.69, 9.17) is 11.6 Å². The SMILES string of the molecule is Cc1ccsc1C(=O)NCCNS(=O)(=O)c1cccc(Cl)c1. The van der Waals surface area contributed by atoms with E-state index in [0.717, 1.165) is 5.56 Å². The van der Waals surface area contributed by atoms with Gasteiger partial charge in [-0.3, -0.25) is 4.79 Å².